The number of piperidine rings is 1. The molecule has 26 heavy (non-hydrogen) atoms. The van der Waals surface area contributed by atoms with Crippen LogP contribution in [0.15, 0.2) is 38.2 Å². The molecule has 1 N–H and O–H groups in total. The number of amides is 1. The van der Waals surface area contributed by atoms with Crippen LogP contribution in [0.5, 0.6) is 0 Å². The molecule has 0 bridgehead atoms. The van der Waals surface area contributed by atoms with Crippen LogP contribution in [-0.4, -0.2) is 36.9 Å². The van der Waals surface area contributed by atoms with Gasteiger partial charge in [-0.25, -0.2) is 8.42 Å². The predicted molar refractivity (Wildman–Crippen MR) is 100 cm³/mol. The van der Waals surface area contributed by atoms with Gasteiger partial charge in [0.1, 0.15) is 10.6 Å². The lowest BCUT2D eigenvalue weighted by Crippen LogP contribution is -2.41. The zero-order chi connectivity index (χ0) is 18.9. The molecule has 3 rings (SSSR count). The van der Waals surface area contributed by atoms with Crippen LogP contribution in [0.4, 0.5) is 5.69 Å². The highest BCUT2D eigenvalue weighted by atomic mass is 79.9. The van der Waals surface area contributed by atoms with Crippen molar-refractivity contribution < 1.29 is 17.7 Å². The molecule has 1 saturated heterocycles. The standard InChI is InChI=1S/C17H20BrN3O4S/c1-11-16(12(2)25-20-11)26(23,24)21-8-6-13(7-9-21)17(22)19-15-5-3-4-14(18)10-15/h3-5,10,13H,6-9H2,1-2H3,(H,19,22). The third-order valence-corrected chi connectivity index (χ3v) is 7.12. The Morgan fingerprint density at radius 3 is 2.58 bits per heavy atom. The first kappa shape index (κ1) is 19.1. The van der Waals surface area contributed by atoms with E-state index < -0.39 is 10.0 Å². The van der Waals surface area contributed by atoms with Crippen LogP contribution in [0.2, 0.25) is 0 Å². The Bertz CT molecular complexity index is 898. The van der Waals surface area contributed by atoms with E-state index in [-0.39, 0.29) is 22.5 Å². The maximum absolute atomic E-state index is 12.8. The van der Waals surface area contributed by atoms with E-state index in [2.05, 4.69) is 26.4 Å². The Labute approximate surface area is 160 Å². The van der Waals surface area contributed by atoms with Gasteiger partial charge in [-0.2, -0.15) is 4.31 Å². The van der Waals surface area contributed by atoms with Crippen molar-refractivity contribution in [2.45, 2.75) is 31.6 Å². The quantitative estimate of drug-likeness (QED) is 0.786. The summed E-state index contributed by atoms with van der Waals surface area (Å²) in [4.78, 5) is 12.6. The molecule has 0 unspecified atom stereocenters. The van der Waals surface area contributed by atoms with Gasteiger partial charge in [0.25, 0.3) is 0 Å². The summed E-state index contributed by atoms with van der Waals surface area (Å²) in [5, 5.41) is 6.62. The van der Waals surface area contributed by atoms with Crippen molar-refractivity contribution in [3.63, 3.8) is 0 Å². The van der Waals surface area contributed by atoms with Gasteiger partial charge in [-0.15, -0.1) is 0 Å². The zero-order valence-corrected chi connectivity index (χ0v) is 16.9. The van der Waals surface area contributed by atoms with Gasteiger partial charge in [0.05, 0.1) is 0 Å². The highest BCUT2D eigenvalue weighted by molar-refractivity contribution is 9.10. The molecule has 1 aliphatic rings. The molecule has 1 aromatic carbocycles. The van der Waals surface area contributed by atoms with Crippen LogP contribution >= 0.6 is 15.9 Å². The molecule has 0 saturated carbocycles. The number of nitrogens with zero attached hydrogens (tertiary/aromatic N) is 2. The van der Waals surface area contributed by atoms with E-state index in [0.717, 1.165) is 10.2 Å². The van der Waals surface area contributed by atoms with Crippen molar-refractivity contribution in [2.75, 3.05) is 18.4 Å². The van der Waals surface area contributed by atoms with Crippen LogP contribution in [0, 0.1) is 19.8 Å². The highest BCUT2D eigenvalue weighted by Crippen LogP contribution is 2.28. The van der Waals surface area contributed by atoms with Gasteiger partial charge in [0, 0.05) is 29.2 Å². The normalized spacial score (nSPS) is 16.6. The molecule has 0 spiro atoms. The van der Waals surface area contributed by atoms with Gasteiger partial charge in [0.15, 0.2) is 5.76 Å². The molecule has 7 nitrogen and oxygen atoms in total. The van der Waals surface area contributed by atoms with Gasteiger partial charge in [-0.05, 0) is 44.9 Å². The van der Waals surface area contributed by atoms with Crippen LogP contribution in [0.1, 0.15) is 24.3 Å². The number of hydrogen-bond acceptors (Lipinski definition) is 5. The summed E-state index contributed by atoms with van der Waals surface area (Å²) in [6.45, 7) is 3.79. The van der Waals surface area contributed by atoms with Crippen LogP contribution in [0.3, 0.4) is 0 Å². The Morgan fingerprint density at radius 2 is 2.00 bits per heavy atom. The fourth-order valence-electron chi connectivity index (χ4n) is 3.14. The number of aromatic nitrogens is 1. The number of sulfonamides is 1. The van der Waals surface area contributed by atoms with E-state index in [9.17, 15) is 13.2 Å². The largest absolute Gasteiger partial charge is 0.360 e. The molecule has 2 heterocycles. The first-order valence-corrected chi connectivity index (χ1v) is 10.5. The molecule has 1 aromatic heterocycles. The van der Waals surface area contributed by atoms with Crippen LogP contribution < -0.4 is 5.32 Å². The molecular formula is C17H20BrN3O4S. The summed E-state index contributed by atoms with van der Waals surface area (Å²) in [6, 6.07) is 7.38. The molecule has 0 aliphatic carbocycles. The van der Waals surface area contributed by atoms with Crippen molar-refractivity contribution in [2.24, 2.45) is 5.92 Å². The second kappa shape index (κ2) is 7.50. The van der Waals surface area contributed by atoms with Gasteiger partial charge < -0.3 is 9.84 Å². The predicted octanol–water partition coefficient (Wildman–Crippen LogP) is 3.09. The minimum atomic E-state index is -3.65. The van der Waals surface area contributed by atoms with E-state index >= 15 is 0 Å². The number of halogens is 1. The molecular weight excluding hydrogens is 422 g/mol. The lowest BCUT2D eigenvalue weighted by atomic mass is 9.97. The third kappa shape index (κ3) is 3.84. The van der Waals surface area contributed by atoms with Crippen molar-refractivity contribution in [1.29, 1.82) is 0 Å². The fourth-order valence-corrected chi connectivity index (χ4v) is 5.30. The Kier molecular flexibility index (Phi) is 5.50. The Hall–Kier alpha value is -1.71. The van der Waals surface area contributed by atoms with Gasteiger partial charge in [0.2, 0.25) is 15.9 Å². The number of hydrogen-bond donors (Lipinski definition) is 1. The van der Waals surface area contributed by atoms with Crippen molar-refractivity contribution in [3.8, 4) is 0 Å². The number of rotatable bonds is 4. The van der Waals surface area contributed by atoms with E-state index in [1.165, 1.54) is 4.31 Å². The van der Waals surface area contributed by atoms with Crippen LogP contribution in [0.25, 0.3) is 0 Å². The number of anilines is 1. The van der Waals surface area contributed by atoms with E-state index in [0.29, 0.717) is 31.6 Å². The summed E-state index contributed by atoms with van der Waals surface area (Å²) in [5.74, 6) is -0.0143. The SMILES string of the molecule is Cc1noc(C)c1S(=O)(=O)N1CCC(C(=O)Nc2cccc(Br)c2)CC1. The fraction of sp³-hybridized carbons (Fsp3) is 0.412. The molecule has 1 fully saturated rings. The zero-order valence-electron chi connectivity index (χ0n) is 14.5. The number of nitrogens with one attached hydrogen (secondary N) is 1. The molecule has 0 atom stereocenters. The third-order valence-electron chi connectivity index (χ3n) is 4.48. The smallest absolute Gasteiger partial charge is 0.248 e. The van der Waals surface area contributed by atoms with E-state index in [4.69, 9.17) is 4.52 Å². The summed E-state index contributed by atoms with van der Waals surface area (Å²) in [7, 11) is -3.65. The second-order valence-corrected chi connectivity index (χ2v) is 9.12. The number of aryl methyl sites for hydroxylation is 2. The molecule has 2 aromatic rings. The van der Waals surface area contributed by atoms with Gasteiger partial charge >= 0.3 is 0 Å². The lowest BCUT2D eigenvalue weighted by molar-refractivity contribution is -0.120. The molecule has 140 valence electrons. The highest BCUT2D eigenvalue weighted by Gasteiger charge is 2.35. The summed E-state index contributed by atoms with van der Waals surface area (Å²) in [5.41, 5.74) is 1.08. The molecule has 1 aliphatic heterocycles. The Morgan fingerprint density at radius 1 is 1.31 bits per heavy atom. The topological polar surface area (TPSA) is 92.5 Å². The van der Waals surface area contributed by atoms with Crippen molar-refractivity contribution >= 4 is 37.5 Å². The minimum Gasteiger partial charge on any atom is -0.360 e. The van der Waals surface area contributed by atoms with Crippen molar-refractivity contribution in [3.05, 3.63) is 40.2 Å². The Balaban J connectivity index is 1.65. The second-order valence-electron chi connectivity index (χ2n) is 6.33. The number of carbonyl (C=O) groups is 1. The average molecular weight is 442 g/mol. The summed E-state index contributed by atoms with van der Waals surface area (Å²) < 4.78 is 32.9. The maximum atomic E-state index is 12.8. The molecule has 1 amide bonds. The van der Waals surface area contributed by atoms with Crippen LogP contribution in [-0.2, 0) is 14.8 Å². The first-order chi connectivity index (χ1) is 12.3. The molecule has 9 heteroatoms. The van der Waals surface area contributed by atoms with Gasteiger partial charge in [-0.3, -0.25) is 4.79 Å². The number of benzene rings is 1. The first-order valence-electron chi connectivity index (χ1n) is 8.28. The number of carbonyl (C=O) groups excluding carboxylic acids is 1. The van der Waals surface area contributed by atoms with Gasteiger partial charge in [-0.1, -0.05) is 27.2 Å². The summed E-state index contributed by atoms with van der Waals surface area (Å²) in [6.07, 6.45) is 0.949. The van der Waals surface area contributed by atoms with Crippen molar-refractivity contribution in [1.82, 2.24) is 9.46 Å². The summed E-state index contributed by atoms with van der Waals surface area (Å²) >= 11 is 3.37. The van der Waals surface area contributed by atoms with E-state index in [1.54, 1.807) is 13.8 Å². The monoisotopic (exact) mass is 441 g/mol. The van der Waals surface area contributed by atoms with E-state index in [1.807, 2.05) is 24.3 Å². The minimum absolute atomic E-state index is 0.0857. The lowest BCUT2D eigenvalue weighted by Gasteiger charge is -2.30. The average Bonchev–Trinajstić information content (AvgIpc) is 2.94. The molecule has 0 radical (unpaired) electrons. The maximum Gasteiger partial charge on any atom is 0.248 e.